The first-order valence-electron chi connectivity index (χ1n) is 8.82. The summed E-state index contributed by atoms with van der Waals surface area (Å²) >= 11 is 0. The van der Waals surface area contributed by atoms with Crippen molar-refractivity contribution < 1.29 is 28.6 Å². The van der Waals surface area contributed by atoms with Gasteiger partial charge < -0.3 is 19.1 Å². The summed E-state index contributed by atoms with van der Waals surface area (Å²) in [6, 6.07) is 0. The van der Waals surface area contributed by atoms with Crippen LogP contribution in [-0.2, 0) is 23.8 Å². The molecule has 0 N–H and O–H groups in total. The summed E-state index contributed by atoms with van der Waals surface area (Å²) in [5.74, 6) is 0.0327. The van der Waals surface area contributed by atoms with Gasteiger partial charge in [0.15, 0.2) is 5.78 Å². The van der Waals surface area contributed by atoms with E-state index in [-0.39, 0.29) is 44.3 Å². The van der Waals surface area contributed by atoms with Gasteiger partial charge in [0, 0.05) is 20.2 Å². The standard InChI is InChI=1S/C19H30N2O6/c1-19(2,3)27-18(24)21-10-9-20(13-15(22)14-21)17(23)12-16(26-5)8-6-7-11-25-4/h6-8H,9-14H2,1-5H3/b7-6-,16-8+. The van der Waals surface area contributed by atoms with Crippen molar-refractivity contribution in [3.63, 3.8) is 0 Å². The summed E-state index contributed by atoms with van der Waals surface area (Å²) < 4.78 is 15.4. The average Bonchev–Trinajstić information content (AvgIpc) is 2.77. The van der Waals surface area contributed by atoms with E-state index >= 15 is 0 Å². The van der Waals surface area contributed by atoms with Crippen LogP contribution in [0.1, 0.15) is 27.2 Å². The Kier molecular flexibility index (Phi) is 9.00. The van der Waals surface area contributed by atoms with Crippen LogP contribution in [0.25, 0.3) is 0 Å². The summed E-state index contributed by atoms with van der Waals surface area (Å²) in [7, 11) is 3.08. The summed E-state index contributed by atoms with van der Waals surface area (Å²) in [4.78, 5) is 39.7. The van der Waals surface area contributed by atoms with Gasteiger partial charge in [0.1, 0.15) is 11.4 Å². The molecule has 1 fully saturated rings. The lowest BCUT2D eigenvalue weighted by molar-refractivity contribution is -0.134. The van der Waals surface area contributed by atoms with E-state index in [9.17, 15) is 14.4 Å². The topological polar surface area (TPSA) is 85.4 Å². The molecule has 8 heteroatoms. The molecule has 0 bridgehead atoms. The third-order valence-corrected chi connectivity index (χ3v) is 3.65. The molecule has 0 radical (unpaired) electrons. The van der Waals surface area contributed by atoms with E-state index in [1.165, 1.54) is 16.9 Å². The number of hydrogen-bond acceptors (Lipinski definition) is 6. The molecule has 152 valence electrons. The van der Waals surface area contributed by atoms with Gasteiger partial charge in [0.2, 0.25) is 5.91 Å². The number of hydrogen-bond donors (Lipinski definition) is 0. The third-order valence-electron chi connectivity index (χ3n) is 3.65. The third kappa shape index (κ3) is 8.72. The predicted octanol–water partition coefficient (Wildman–Crippen LogP) is 1.76. The normalized spacial score (nSPS) is 16.5. The largest absolute Gasteiger partial charge is 0.501 e. The molecule has 1 rings (SSSR count). The van der Waals surface area contributed by atoms with Crippen molar-refractivity contribution in [1.29, 1.82) is 0 Å². The van der Waals surface area contributed by atoms with Gasteiger partial charge in [-0.2, -0.15) is 0 Å². The SMILES string of the molecule is COC/C=C\C=C(/CC(=O)N1CCN(C(=O)OC(C)(C)C)CC(=O)C1)OC. The van der Waals surface area contributed by atoms with Crippen LogP contribution in [0, 0.1) is 0 Å². The van der Waals surface area contributed by atoms with Crippen LogP contribution in [0.5, 0.6) is 0 Å². The number of carbonyl (C=O) groups is 3. The van der Waals surface area contributed by atoms with Crippen LogP contribution in [0.3, 0.4) is 0 Å². The minimum Gasteiger partial charge on any atom is -0.501 e. The van der Waals surface area contributed by atoms with Gasteiger partial charge in [0.25, 0.3) is 0 Å². The van der Waals surface area contributed by atoms with E-state index in [2.05, 4.69) is 0 Å². The van der Waals surface area contributed by atoms with Gasteiger partial charge in [-0.05, 0) is 26.8 Å². The Morgan fingerprint density at radius 1 is 1.11 bits per heavy atom. The molecule has 0 aromatic heterocycles. The monoisotopic (exact) mass is 382 g/mol. The predicted molar refractivity (Wildman–Crippen MR) is 100 cm³/mol. The molecule has 2 amide bonds. The van der Waals surface area contributed by atoms with Crippen molar-refractivity contribution in [3.8, 4) is 0 Å². The molecule has 8 nitrogen and oxygen atoms in total. The van der Waals surface area contributed by atoms with Crippen molar-refractivity contribution in [2.24, 2.45) is 0 Å². The molecular formula is C19H30N2O6. The van der Waals surface area contributed by atoms with Crippen molar-refractivity contribution in [1.82, 2.24) is 9.80 Å². The highest BCUT2D eigenvalue weighted by atomic mass is 16.6. The Balaban J connectivity index is 2.69. The maximum Gasteiger partial charge on any atom is 0.410 e. The average molecular weight is 382 g/mol. The Morgan fingerprint density at radius 3 is 2.33 bits per heavy atom. The number of nitrogens with zero attached hydrogens (tertiary/aromatic N) is 2. The maximum absolute atomic E-state index is 12.5. The fraction of sp³-hybridized carbons (Fsp3) is 0.632. The van der Waals surface area contributed by atoms with Crippen LogP contribution in [0.4, 0.5) is 4.79 Å². The van der Waals surface area contributed by atoms with Crippen LogP contribution in [0.15, 0.2) is 24.0 Å². The van der Waals surface area contributed by atoms with E-state index in [0.29, 0.717) is 12.4 Å². The fourth-order valence-electron chi connectivity index (χ4n) is 2.36. The number of ether oxygens (including phenoxy) is 3. The van der Waals surface area contributed by atoms with Gasteiger partial charge in [-0.25, -0.2) is 4.79 Å². The highest BCUT2D eigenvalue weighted by molar-refractivity contribution is 5.90. The molecule has 1 heterocycles. The second-order valence-electron chi connectivity index (χ2n) is 7.15. The van der Waals surface area contributed by atoms with Crippen LogP contribution < -0.4 is 0 Å². The molecule has 0 aromatic rings. The summed E-state index contributed by atoms with van der Waals surface area (Å²) in [5.41, 5.74) is -0.642. The Bertz CT molecular complexity index is 591. The molecule has 1 saturated heterocycles. The van der Waals surface area contributed by atoms with E-state index in [4.69, 9.17) is 14.2 Å². The number of carbonyl (C=O) groups excluding carboxylic acids is 3. The number of allylic oxidation sites excluding steroid dienone is 2. The first kappa shape index (κ1) is 22.7. The van der Waals surface area contributed by atoms with Crippen LogP contribution in [0.2, 0.25) is 0 Å². The summed E-state index contributed by atoms with van der Waals surface area (Å²) in [6.45, 7) is 6.16. The minimum absolute atomic E-state index is 0.0331. The fourth-order valence-corrected chi connectivity index (χ4v) is 2.36. The number of Topliss-reactive ketones (excluding diaryl/α,β-unsaturated/α-hetero) is 1. The Hall–Kier alpha value is -2.35. The van der Waals surface area contributed by atoms with Gasteiger partial charge in [-0.1, -0.05) is 12.2 Å². The van der Waals surface area contributed by atoms with Gasteiger partial charge in [0.05, 0.1) is 33.2 Å². The second-order valence-corrected chi connectivity index (χ2v) is 7.15. The molecule has 27 heavy (non-hydrogen) atoms. The molecule has 0 atom stereocenters. The highest BCUT2D eigenvalue weighted by Gasteiger charge is 2.29. The molecule has 0 spiro atoms. The van der Waals surface area contributed by atoms with Crippen molar-refractivity contribution in [3.05, 3.63) is 24.0 Å². The first-order valence-corrected chi connectivity index (χ1v) is 8.82. The minimum atomic E-state index is -0.642. The molecule has 0 saturated carbocycles. The molecular weight excluding hydrogens is 352 g/mol. The van der Waals surface area contributed by atoms with Gasteiger partial charge in [-0.3, -0.25) is 14.5 Å². The summed E-state index contributed by atoms with van der Waals surface area (Å²) in [5, 5.41) is 0. The van der Waals surface area contributed by atoms with Crippen LogP contribution in [-0.4, -0.2) is 80.2 Å². The van der Waals surface area contributed by atoms with E-state index in [1.807, 2.05) is 0 Å². The lowest BCUT2D eigenvalue weighted by Crippen LogP contribution is -2.40. The molecule has 1 aliphatic rings. The molecule has 0 aliphatic carbocycles. The van der Waals surface area contributed by atoms with Gasteiger partial charge >= 0.3 is 6.09 Å². The van der Waals surface area contributed by atoms with Crippen molar-refractivity contribution in [2.45, 2.75) is 32.8 Å². The smallest absolute Gasteiger partial charge is 0.410 e. The number of ketones is 1. The van der Waals surface area contributed by atoms with Crippen molar-refractivity contribution >= 4 is 17.8 Å². The van der Waals surface area contributed by atoms with E-state index in [1.54, 1.807) is 46.1 Å². The lowest BCUT2D eigenvalue weighted by Gasteiger charge is -2.26. The molecule has 0 aromatic carbocycles. The number of methoxy groups -OCH3 is 2. The van der Waals surface area contributed by atoms with Crippen molar-refractivity contribution in [2.75, 3.05) is 47.0 Å². The van der Waals surface area contributed by atoms with E-state index in [0.717, 1.165) is 0 Å². The molecule has 1 aliphatic heterocycles. The first-order chi connectivity index (χ1) is 12.7. The lowest BCUT2D eigenvalue weighted by atomic mass is 10.2. The Labute approximate surface area is 160 Å². The summed E-state index contributed by atoms with van der Waals surface area (Å²) in [6.07, 6.45) is 4.70. The number of rotatable bonds is 6. The highest BCUT2D eigenvalue weighted by Crippen LogP contribution is 2.13. The zero-order chi connectivity index (χ0) is 20.4. The maximum atomic E-state index is 12.5. The quantitative estimate of drug-likeness (QED) is 0.514. The zero-order valence-electron chi connectivity index (χ0n) is 16.8. The van der Waals surface area contributed by atoms with Gasteiger partial charge in [-0.15, -0.1) is 0 Å². The zero-order valence-corrected chi connectivity index (χ0v) is 16.8. The van der Waals surface area contributed by atoms with Crippen LogP contribution >= 0.6 is 0 Å². The number of amides is 2. The Morgan fingerprint density at radius 2 is 1.74 bits per heavy atom. The van der Waals surface area contributed by atoms with E-state index < -0.39 is 11.7 Å². The molecule has 0 unspecified atom stereocenters. The second kappa shape index (κ2) is 10.7.